The van der Waals surface area contributed by atoms with E-state index in [1.165, 1.54) is 17.5 Å². The van der Waals surface area contributed by atoms with E-state index < -0.39 is 0 Å². The van der Waals surface area contributed by atoms with Crippen molar-refractivity contribution in [2.75, 3.05) is 7.11 Å². The summed E-state index contributed by atoms with van der Waals surface area (Å²) in [6.45, 7) is 1.81. The topological polar surface area (TPSA) is 29.5 Å². The van der Waals surface area contributed by atoms with Gasteiger partial charge in [-0.1, -0.05) is 6.07 Å². The predicted octanol–water partition coefficient (Wildman–Crippen LogP) is 2.87. The number of aryl methyl sites for hydroxylation is 1. The van der Waals surface area contributed by atoms with E-state index in [-0.39, 0.29) is 6.10 Å². The zero-order valence-electron chi connectivity index (χ0n) is 9.72. The molecule has 1 N–H and O–H groups in total. The number of fused-ring (bicyclic) bond motifs is 1. The molecule has 3 heteroatoms. The Morgan fingerprint density at radius 2 is 2.25 bits per heavy atom. The minimum Gasteiger partial charge on any atom is -0.495 e. The molecule has 0 spiro atoms. The Kier molecular flexibility index (Phi) is 3.55. The Hall–Kier alpha value is -0.540. The fraction of sp³-hybridized carbons (Fsp3) is 0.538. The van der Waals surface area contributed by atoms with Crippen molar-refractivity contribution in [2.45, 2.75) is 38.7 Å². The molecule has 2 nitrogen and oxygen atoms in total. The van der Waals surface area contributed by atoms with Crippen molar-refractivity contribution in [3.8, 4) is 5.75 Å². The number of benzene rings is 1. The summed E-state index contributed by atoms with van der Waals surface area (Å²) in [5.41, 5.74) is 3.89. The summed E-state index contributed by atoms with van der Waals surface area (Å²) in [6.07, 6.45) is 3.80. The lowest BCUT2D eigenvalue weighted by Crippen LogP contribution is -2.07. The van der Waals surface area contributed by atoms with Crippen molar-refractivity contribution in [1.29, 1.82) is 0 Å². The molecule has 2 rings (SSSR count). The fourth-order valence-corrected chi connectivity index (χ4v) is 3.29. The van der Waals surface area contributed by atoms with Crippen molar-refractivity contribution < 1.29 is 9.84 Å². The first-order valence-electron chi connectivity index (χ1n) is 5.68. The number of hydrogen-bond donors (Lipinski definition) is 1. The summed E-state index contributed by atoms with van der Waals surface area (Å²) in [7, 11) is 1.69. The van der Waals surface area contributed by atoms with E-state index >= 15 is 0 Å². The Bertz CT molecular complexity index is 399. The maximum atomic E-state index is 9.49. The van der Waals surface area contributed by atoms with Crippen molar-refractivity contribution in [1.82, 2.24) is 0 Å². The van der Waals surface area contributed by atoms with Crippen LogP contribution in [0.3, 0.4) is 0 Å². The van der Waals surface area contributed by atoms with Crippen LogP contribution in [0.15, 0.2) is 10.5 Å². The zero-order valence-corrected chi connectivity index (χ0v) is 11.3. The molecule has 1 unspecified atom stereocenters. The lowest BCUT2D eigenvalue weighted by molar-refractivity contribution is 0.194. The van der Waals surface area contributed by atoms with Gasteiger partial charge in [-0.3, -0.25) is 0 Å². The third kappa shape index (κ3) is 2.11. The smallest absolute Gasteiger partial charge is 0.136 e. The highest BCUT2D eigenvalue weighted by Gasteiger charge is 2.20. The summed E-state index contributed by atoms with van der Waals surface area (Å²) in [5, 5.41) is 9.49. The molecule has 0 heterocycles. The van der Waals surface area contributed by atoms with Crippen molar-refractivity contribution in [3.63, 3.8) is 0 Å². The summed E-state index contributed by atoms with van der Waals surface area (Å²) in [4.78, 5) is 0. The molecule has 1 aliphatic rings. The van der Waals surface area contributed by atoms with E-state index in [1.54, 1.807) is 14.0 Å². The van der Waals surface area contributed by atoms with E-state index in [9.17, 15) is 5.11 Å². The average molecular weight is 285 g/mol. The highest BCUT2D eigenvalue weighted by Crippen LogP contribution is 2.39. The molecule has 0 saturated carbocycles. The molecule has 1 aromatic rings. The van der Waals surface area contributed by atoms with Gasteiger partial charge < -0.3 is 9.84 Å². The van der Waals surface area contributed by atoms with Gasteiger partial charge in [-0.25, -0.2) is 0 Å². The molecule has 0 radical (unpaired) electrons. The molecule has 0 aliphatic heterocycles. The van der Waals surface area contributed by atoms with Crippen LogP contribution in [0.1, 0.15) is 30.0 Å². The molecule has 0 saturated heterocycles. The van der Waals surface area contributed by atoms with Crippen LogP contribution in [-0.4, -0.2) is 18.3 Å². The van der Waals surface area contributed by atoms with Gasteiger partial charge in [0.1, 0.15) is 5.75 Å². The van der Waals surface area contributed by atoms with E-state index in [1.807, 2.05) is 0 Å². The van der Waals surface area contributed by atoms with Gasteiger partial charge in [0.05, 0.1) is 17.7 Å². The second-order valence-electron chi connectivity index (χ2n) is 4.43. The van der Waals surface area contributed by atoms with E-state index in [0.29, 0.717) is 6.42 Å². The van der Waals surface area contributed by atoms with Crippen LogP contribution < -0.4 is 4.74 Å². The van der Waals surface area contributed by atoms with Crippen LogP contribution in [0.25, 0.3) is 0 Å². The van der Waals surface area contributed by atoms with Crippen LogP contribution in [0.4, 0.5) is 0 Å². The molecule has 88 valence electrons. The number of ether oxygens (including phenoxy) is 1. The van der Waals surface area contributed by atoms with Crippen molar-refractivity contribution >= 4 is 15.9 Å². The minimum atomic E-state index is -0.333. The zero-order chi connectivity index (χ0) is 11.7. The number of methoxy groups -OCH3 is 1. The summed E-state index contributed by atoms with van der Waals surface area (Å²) in [5.74, 6) is 0.890. The highest BCUT2D eigenvalue weighted by atomic mass is 79.9. The molecule has 0 aromatic heterocycles. The monoisotopic (exact) mass is 284 g/mol. The van der Waals surface area contributed by atoms with Crippen molar-refractivity contribution in [3.05, 3.63) is 27.2 Å². The van der Waals surface area contributed by atoms with E-state index in [4.69, 9.17) is 4.74 Å². The van der Waals surface area contributed by atoms with Crippen LogP contribution in [0, 0.1) is 0 Å². The molecule has 0 bridgehead atoms. The van der Waals surface area contributed by atoms with Gasteiger partial charge in [0.25, 0.3) is 0 Å². The standard InChI is InChI=1S/C13H17BrO2/c1-8(15)6-10-7-9-4-3-5-11(9)12(14)13(10)16-2/h7-8,15H,3-6H2,1-2H3. The van der Waals surface area contributed by atoms with Gasteiger partial charge in [0.2, 0.25) is 0 Å². The van der Waals surface area contributed by atoms with E-state index in [0.717, 1.165) is 28.6 Å². The highest BCUT2D eigenvalue weighted by molar-refractivity contribution is 9.10. The Morgan fingerprint density at radius 1 is 1.50 bits per heavy atom. The SMILES string of the molecule is COc1c(CC(C)O)cc2c(c1Br)CCC2. The van der Waals surface area contributed by atoms with Crippen LogP contribution in [-0.2, 0) is 19.3 Å². The largest absolute Gasteiger partial charge is 0.495 e. The lowest BCUT2D eigenvalue weighted by atomic mass is 10.0. The third-order valence-electron chi connectivity index (χ3n) is 3.08. The fourth-order valence-electron chi connectivity index (χ4n) is 2.42. The van der Waals surface area contributed by atoms with Gasteiger partial charge in [-0.15, -0.1) is 0 Å². The maximum absolute atomic E-state index is 9.49. The van der Waals surface area contributed by atoms with Crippen LogP contribution in [0.2, 0.25) is 0 Å². The number of halogens is 1. The Morgan fingerprint density at radius 3 is 2.88 bits per heavy atom. The van der Waals surface area contributed by atoms with Crippen molar-refractivity contribution in [2.24, 2.45) is 0 Å². The van der Waals surface area contributed by atoms with Gasteiger partial charge in [-0.2, -0.15) is 0 Å². The molecule has 1 aliphatic carbocycles. The number of aliphatic hydroxyl groups is 1. The summed E-state index contributed by atoms with van der Waals surface area (Å²) >= 11 is 3.63. The first-order valence-corrected chi connectivity index (χ1v) is 6.48. The van der Waals surface area contributed by atoms with Gasteiger partial charge in [0.15, 0.2) is 0 Å². The average Bonchev–Trinajstić information content (AvgIpc) is 2.65. The number of rotatable bonds is 3. The van der Waals surface area contributed by atoms with Crippen LogP contribution in [0.5, 0.6) is 5.75 Å². The maximum Gasteiger partial charge on any atom is 0.136 e. The lowest BCUT2D eigenvalue weighted by Gasteiger charge is -2.15. The molecular formula is C13H17BrO2. The molecular weight excluding hydrogens is 268 g/mol. The first-order chi connectivity index (χ1) is 7.63. The molecule has 16 heavy (non-hydrogen) atoms. The second-order valence-corrected chi connectivity index (χ2v) is 5.22. The molecule has 0 amide bonds. The van der Waals surface area contributed by atoms with Gasteiger partial charge in [0, 0.05) is 6.42 Å². The minimum absolute atomic E-state index is 0.333. The second kappa shape index (κ2) is 4.76. The quantitative estimate of drug-likeness (QED) is 0.925. The summed E-state index contributed by atoms with van der Waals surface area (Å²) < 4.78 is 6.53. The van der Waals surface area contributed by atoms with Gasteiger partial charge in [-0.05, 0) is 58.8 Å². The first kappa shape index (κ1) is 11.9. The van der Waals surface area contributed by atoms with E-state index in [2.05, 4.69) is 22.0 Å². The third-order valence-corrected chi connectivity index (χ3v) is 3.92. The number of hydrogen-bond acceptors (Lipinski definition) is 2. The Labute approximate surface area is 105 Å². The molecule has 1 aromatic carbocycles. The molecule has 1 atom stereocenters. The Balaban J connectivity index is 2.48. The molecule has 0 fully saturated rings. The summed E-state index contributed by atoms with van der Waals surface area (Å²) in [6, 6.07) is 2.19. The number of aliphatic hydroxyl groups excluding tert-OH is 1. The van der Waals surface area contributed by atoms with Crippen LogP contribution >= 0.6 is 15.9 Å². The normalized spacial score (nSPS) is 16.0. The predicted molar refractivity (Wildman–Crippen MR) is 68.1 cm³/mol. The van der Waals surface area contributed by atoms with Gasteiger partial charge >= 0.3 is 0 Å².